The van der Waals surface area contributed by atoms with Crippen molar-refractivity contribution >= 4 is 12.0 Å². The van der Waals surface area contributed by atoms with Crippen LogP contribution in [0.2, 0.25) is 0 Å². The molecule has 2 aliphatic heterocycles. The molecule has 0 saturated carbocycles. The molecule has 2 aliphatic rings. The zero-order chi connectivity index (χ0) is 19.8. The van der Waals surface area contributed by atoms with Gasteiger partial charge in [-0.05, 0) is 32.6 Å². The highest BCUT2D eigenvalue weighted by atomic mass is 19.1. The number of alkyl halides is 1. The quantitative estimate of drug-likeness (QED) is 0.778. The molecular formula is C18H31FN2O5. The minimum absolute atomic E-state index is 0.00340. The van der Waals surface area contributed by atoms with E-state index in [0.29, 0.717) is 0 Å². The fraction of sp³-hybridized carbons (Fsp3) is 0.889. The number of carbonyl (C=O) groups excluding carboxylic acids is 2. The number of carbonyl (C=O) groups is 2. The molecule has 0 aliphatic carbocycles. The van der Waals surface area contributed by atoms with E-state index in [0.717, 1.165) is 0 Å². The number of hydrogen-bond acceptors (Lipinski definition) is 5. The van der Waals surface area contributed by atoms with Crippen molar-refractivity contribution in [2.24, 2.45) is 11.8 Å². The molecule has 0 unspecified atom stereocenters. The number of hydrogen-bond donors (Lipinski definition) is 2. The Kier molecular flexibility index (Phi) is 6.17. The Hall–Kier alpha value is -1.41. The highest BCUT2D eigenvalue weighted by Gasteiger charge is 2.54. The van der Waals surface area contributed by atoms with Gasteiger partial charge in [-0.15, -0.1) is 0 Å². The summed E-state index contributed by atoms with van der Waals surface area (Å²) in [5, 5.41) is 12.7. The van der Waals surface area contributed by atoms with Crippen molar-refractivity contribution in [2.75, 3.05) is 13.2 Å². The summed E-state index contributed by atoms with van der Waals surface area (Å²) in [6.45, 7) is 10.8. The molecule has 2 amide bonds. The maximum Gasteiger partial charge on any atom is 0.408 e. The number of alkyl carbamates (subject to hydrolysis) is 1. The summed E-state index contributed by atoms with van der Waals surface area (Å²) in [7, 11) is 0. The van der Waals surface area contributed by atoms with E-state index in [-0.39, 0.29) is 25.0 Å². The molecule has 26 heavy (non-hydrogen) atoms. The first-order valence-corrected chi connectivity index (χ1v) is 9.16. The standard InChI is InChI=1S/C18H31FN2O5/c1-9(2)10(3)13(20-17(24)26-18(4,5)6)16(23)21-7-11(19)15-14(21)12(22)8-25-15/h9-15,22H,7-8H2,1-6H3,(H,20,24)/t10-,11-,12+,13+,14-,15-/m1/s1. The van der Waals surface area contributed by atoms with E-state index in [4.69, 9.17) is 9.47 Å². The monoisotopic (exact) mass is 374 g/mol. The van der Waals surface area contributed by atoms with Crippen LogP contribution in [-0.4, -0.2) is 71.2 Å². The molecule has 0 aromatic heterocycles. The first kappa shape index (κ1) is 20.9. The maximum absolute atomic E-state index is 14.2. The van der Waals surface area contributed by atoms with Gasteiger partial charge in [0.25, 0.3) is 0 Å². The van der Waals surface area contributed by atoms with Gasteiger partial charge in [0.2, 0.25) is 5.91 Å². The molecular weight excluding hydrogens is 343 g/mol. The Morgan fingerprint density at radius 3 is 2.46 bits per heavy atom. The minimum atomic E-state index is -1.35. The molecule has 0 spiro atoms. The van der Waals surface area contributed by atoms with Crippen LogP contribution in [0.15, 0.2) is 0 Å². The Bertz CT molecular complexity index is 536. The van der Waals surface area contributed by atoms with Crippen LogP contribution < -0.4 is 5.32 Å². The third-order valence-electron chi connectivity index (χ3n) is 5.08. The first-order valence-electron chi connectivity index (χ1n) is 9.16. The number of nitrogens with zero attached hydrogens (tertiary/aromatic N) is 1. The van der Waals surface area contributed by atoms with Gasteiger partial charge in [-0.25, -0.2) is 9.18 Å². The normalized spacial score (nSPS) is 30.9. The van der Waals surface area contributed by atoms with Crippen molar-refractivity contribution in [2.45, 2.75) is 77.6 Å². The zero-order valence-corrected chi connectivity index (χ0v) is 16.4. The summed E-state index contributed by atoms with van der Waals surface area (Å²) in [5.41, 5.74) is -0.697. The molecule has 2 saturated heterocycles. The smallest absolute Gasteiger partial charge is 0.408 e. The molecule has 0 bridgehead atoms. The van der Waals surface area contributed by atoms with Gasteiger partial charge in [0.15, 0.2) is 0 Å². The van der Waals surface area contributed by atoms with E-state index in [1.54, 1.807) is 20.8 Å². The number of aliphatic hydroxyl groups is 1. The number of nitrogens with one attached hydrogen (secondary N) is 1. The predicted molar refractivity (Wildman–Crippen MR) is 93.3 cm³/mol. The van der Waals surface area contributed by atoms with E-state index in [9.17, 15) is 19.1 Å². The molecule has 2 N–H and O–H groups in total. The average Bonchev–Trinajstić information content (AvgIpc) is 3.03. The van der Waals surface area contributed by atoms with Crippen molar-refractivity contribution in [3.8, 4) is 0 Å². The molecule has 2 fully saturated rings. The highest BCUT2D eigenvalue weighted by Crippen LogP contribution is 2.33. The van der Waals surface area contributed by atoms with Gasteiger partial charge in [0.1, 0.15) is 30.0 Å². The Morgan fingerprint density at radius 1 is 1.31 bits per heavy atom. The van der Waals surface area contributed by atoms with Crippen molar-refractivity contribution in [3.63, 3.8) is 0 Å². The van der Waals surface area contributed by atoms with Crippen LogP contribution in [0, 0.1) is 11.8 Å². The minimum Gasteiger partial charge on any atom is -0.444 e. The van der Waals surface area contributed by atoms with Gasteiger partial charge >= 0.3 is 6.09 Å². The molecule has 2 rings (SSSR count). The second-order valence-electron chi connectivity index (χ2n) is 8.59. The van der Waals surface area contributed by atoms with Crippen LogP contribution in [0.4, 0.5) is 9.18 Å². The first-order chi connectivity index (χ1) is 11.9. The summed E-state index contributed by atoms with van der Waals surface area (Å²) in [6, 6.07) is -1.59. The van der Waals surface area contributed by atoms with Gasteiger partial charge in [-0.2, -0.15) is 0 Å². The van der Waals surface area contributed by atoms with Crippen molar-refractivity contribution < 1.29 is 28.6 Å². The number of fused-ring (bicyclic) bond motifs is 1. The largest absolute Gasteiger partial charge is 0.444 e. The fourth-order valence-corrected chi connectivity index (χ4v) is 3.40. The van der Waals surface area contributed by atoms with Gasteiger partial charge in [0.05, 0.1) is 19.2 Å². The highest BCUT2D eigenvalue weighted by molar-refractivity contribution is 5.86. The van der Waals surface area contributed by atoms with Crippen molar-refractivity contribution in [3.05, 3.63) is 0 Å². The van der Waals surface area contributed by atoms with Crippen LogP contribution >= 0.6 is 0 Å². The Morgan fingerprint density at radius 2 is 1.92 bits per heavy atom. The number of rotatable bonds is 4. The van der Waals surface area contributed by atoms with E-state index in [2.05, 4.69) is 5.32 Å². The van der Waals surface area contributed by atoms with Gasteiger partial charge in [-0.1, -0.05) is 20.8 Å². The van der Waals surface area contributed by atoms with Crippen molar-refractivity contribution in [1.29, 1.82) is 0 Å². The lowest BCUT2D eigenvalue weighted by Gasteiger charge is -2.34. The van der Waals surface area contributed by atoms with Gasteiger partial charge in [0, 0.05) is 0 Å². The molecule has 0 aromatic rings. The Labute approximate surface area is 154 Å². The van der Waals surface area contributed by atoms with Crippen LogP contribution in [0.1, 0.15) is 41.5 Å². The number of halogens is 1. The van der Waals surface area contributed by atoms with Crippen LogP contribution in [0.5, 0.6) is 0 Å². The third kappa shape index (κ3) is 4.46. The second kappa shape index (κ2) is 7.68. The summed E-state index contributed by atoms with van der Waals surface area (Å²) < 4.78 is 24.8. The number of ether oxygens (including phenoxy) is 2. The van der Waals surface area contributed by atoms with E-state index in [1.165, 1.54) is 4.90 Å². The van der Waals surface area contributed by atoms with Crippen molar-refractivity contribution in [1.82, 2.24) is 10.2 Å². The predicted octanol–water partition coefficient (Wildman–Crippen LogP) is 1.48. The molecule has 7 nitrogen and oxygen atoms in total. The molecule has 0 radical (unpaired) electrons. The summed E-state index contributed by atoms with van der Waals surface area (Å²) in [6.07, 6.45) is -3.79. The van der Waals surface area contributed by atoms with Crippen LogP contribution in [0.25, 0.3) is 0 Å². The number of aliphatic hydroxyl groups excluding tert-OH is 1. The third-order valence-corrected chi connectivity index (χ3v) is 5.08. The summed E-state index contributed by atoms with van der Waals surface area (Å²) in [4.78, 5) is 26.7. The number of likely N-dealkylation sites (tertiary alicyclic amines) is 1. The SMILES string of the molecule is CC(C)[C@@H](C)[C@H](NC(=O)OC(C)(C)C)C(=O)N1C[C@@H](F)[C@H]2OC[C@H](O)[C@H]21. The summed E-state index contributed by atoms with van der Waals surface area (Å²) in [5.74, 6) is -0.522. The molecule has 150 valence electrons. The van der Waals surface area contributed by atoms with Crippen LogP contribution in [-0.2, 0) is 14.3 Å². The second-order valence-corrected chi connectivity index (χ2v) is 8.59. The van der Waals surface area contributed by atoms with E-state index in [1.807, 2.05) is 20.8 Å². The van der Waals surface area contributed by atoms with E-state index < -0.39 is 48.1 Å². The average molecular weight is 374 g/mol. The molecule has 6 atom stereocenters. The van der Waals surface area contributed by atoms with Gasteiger partial charge < -0.3 is 24.8 Å². The zero-order valence-electron chi connectivity index (χ0n) is 16.4. The van der Waals surface area contributed by atoms with Crippen LogP contribution in [0.3, 0.4) is 0 Å². The summed E-state index contributed by atoms with van der Waals surface area (Å²) >= 11 is 0. The van der Waals surface area contributed by atoms with E-state index >= 15 is 0 Å². The fourth-order valence-electron chi connectivity index (χ4n) is 3.40. The molecule has 0 aromatic carbocycles. The Balaban J connectivity index is 2.19. The lowest BCUT2D eigenvalue weighted by molar-refractivity contribution is -0.137. The lowest BCUT2D eigenvalue weighted by Crippen LogP contribution is -2.56. The topological polar surface area (TPSA) is 88.1 Å². The lowest BCUT2D eigenvalue weighted by atomic mass is 9.89. The van der Waals surface area contributed by atoms with Gasteiger partial charge in [-0.3, -0.25) is 4.79 Å². The molecule has 2 heterocycles. The molecule has 8 heteroatoms. The number of amides is 2. The maximum atomic E-state index is 14.2.